The van der Waals surface area contributed by atoms with Crippen LogP contribution in [0, 0.1) is 4.77 Å². The molecule has 142 valence electrons. The lowest BCUT2D eigenvalue weighted by atomic mass is 10.0. The van der Waals surface area contributed by atoms with Crippen molar-refractivity contribution in [3.8, 4) is 17.1 Å². The first kappa shape index (κ1) is 18.2. The molecule has 0 amide bonds. The highest BCUT2D eigenvalue weighted by molar-refractivity contribution is 7.71. The second kappa shape index (κ2) is 8.22. The Morgan fingerprint density at radius 3 is 2.75 bits per heavy atom. The summed E-state index contributed by atoms with van der Waals surface area (Å²) < 4.78 is 8.29. The maximum atomic E-state index is 6.00. The summed E-state index contributed by atoms with van der Waals surface area (Å²) in [6.45, 7) is 3.33. The molecule has 2 aromatic heterocycles. The van der Waals surface area contributed by atoms with Gasteiger partial charge in [-0.1, -0.05) is 37.3 Å². The van der Waals surface area contributed by atoms with Crippen LogP contribution in [-0.2, 0) is 6.54 Å². The number of ether oxygens (including phenoxy) is 1. The molecule has 28 heavy (non-hydrogen) atoms. The average molecular weight is 392 g/mol. The van der Waals surface area contributed by atoms with Crippen molar-refractivity contribution in [1.82, 2.24) is 19.9 Å². The summed E-state index contributed by atoms with van der Waals surface area (Å²) in [5.41, 5.74) is 5.42. The van der Waals surface area contributed by atoms with Gasteiger partial charge in [0.2, 0.25) is 4.77 Å². The number of pyridine rings is 1. The van der Waals surface area contributed by atoms with E-state index < -0.39 is 0 Å². The smallest absolute Gasteiger partial charge is 0.214 e. The molecule has 0 bridgehead atoms. The van der Waals surface area contributed by atoms with Gasteiger partial charge in [0.05, 0.1) is 13.2 Å². The van der Waals surface area contributed by atoms with Crippen LogP contribution in [0.15, 0.2) is 60.9 Å². The molecule has 2 heterocycles. The highest BCUT2D eigenvalue weighted by Crippen LogP contribution is 2.28. The zero-order chi connectivity index (χ0) is 19.3. The predicted molar refractivity (Wildman–Crippen MR) is 113 cm³/mol. The Morgan fingerprint density at radius 1 is 1.11 bits per heavy atom. The lowest BCUT2D eigenvalue weighted by Gasteiger charge is -2.16. The second-order valence-corrected chi connectivity index (χ2v) is 6.76. The number of nitrogens with one attached hydrogen (secondary N) is 2. The SMILES string of the molecule is CCCOc1ccc2ccccc2c1CNn1c(-c2ccncc2)n[nH]c1=S. The van der Waals surface area contributed by atoms with Crippen molar-refractivity contribution in [2.24, 2.45) is 0 Å². The molecule has 0 aliphatic heterocycles. The third kappa shape index (κ3) is 3.61. The van der Waals surface area contributed by atoms with Gasteiger partial charge >= 0.3 is 0 Å². The zero-order valence-corrected chi connectivity index (χ0v) is 16.4. The first-order chi connectivity index (χ1) is 13.8. The standard InChI is InChI=1S/C21H21N5OS/c1-2-13-27-19-8-7-15-5-3-4-6-17(15)18(19)14-23-26-20(24-25-21(26)28)16-9-11-22-12-10-16/h3-12,23H,2,13-14H2,1H3,(H,25,28). The fraction of sp³-hybridized carbons (Fsp3) is 0.190. The number of benzene rings is 2. The van der Waals surface area contributed by atoms with Gasteiger partial charge < -0.3 is 10.2 Å². The molecule has 0 saturated carbocycles. The predicted octanol–water partition coefficient (Wildman–Crippen LogP) is 4.69. The van der Waals surface area contributed by atoms with Crippen LogP contribution in [0.4, 0.5) is 0 Å². The van der Waals surface area contributed by atoms with E-state index in [1.54, 1.807) is 17.1 Å². The second-order valence-electron chi connectivity index (χ2n) is 6.37. The number of hydrogen-bond acceptors (Lipinski definition) is 5. The molecule has 4 rings (SSSR count). The van der Waals surface area contributed by atoms with E-state index in [-0.39, 0.29) is 0 Å². The van der Waals surface area contributed by atoms with Crippen LogP contribution < -0.4 is 10.2 Å². The third-order valence-corrected chi connectivity index (χ3v) is 4.76. The van der Waals surface area contributed by atoms with E-state index in [0.29, 0.717) is 23.7 Å². The topological polar surface area (TPSA) is 67.8 Å². The van der Waals surface area contributed by atoms with E-state index in [1.165, 1.54) is 5.39 Å². The van der Waals surface area contributed by atoms with E-state index >= 15 is 0 Å². The highest BCUT2D eigenvalue weighted by atomic mass is 32.1. The van der Waals surface area contributed by atoms with Gasteiger partial charge in [-0.05, 0) is 47.6 Å². The van der Waals surface area contributed by atoms with Gasteiger partial charge in [0.25, 0.3) is 0 Å². The number of fused-ring (bicyclic) bond motifs is 1. The molecular formula is C21H21N5OS. The minimum atomic E-state index is 0.503. The Labute approximate surface area is 168 Å². The van der Waals surface area contributed by atoms with Crippen LogP contribution in [0.1, 0.15) is 18.9 Å². The quantitative estimate of drug-likeness (QED) is 0.448. The molecule has 2 N–H and O–H groups in total. The van der Waals surface area contributed by atoms with Gasteiger partial charge in [0.15, 0.2) is 5.82 Å². The van der Waals surface area contributed by atoms with Crippen LogP contribution in [0.5, 0.6) is 5.75 Å². The minimum absolute atomic E-state index is 0.503. The van der Waals surface area contributed by atoms with E-state index in [4.69, 9.17) is 17.0 Å². The Hall–Kier alpha value is -3.19. The van der Waals surface area contributed by atoms with Gasteiger partial charge in [0, 0.05) is 23.5 Å². The first-order valence-electron chi connectivity index (χ1n) is 9.23. The maximum absolute atomic E-state index is 6.00. The number of hydrogen-bond donors (Lipinski definition) is 2. The molecule has 0 aliphatic rings. The van der Waals surface area contributed by atoms with E-state index in [1.807, 2.05) is 30.3 Å². The van der Waals surface area contributed by atoms with E-state index in [9.17, 15) is 0 Å². The lowest BCUT2D eigenvalue weighted by Crippen LogP contribution is -2.17. The molecule has 0 saturated heterocycles. The van der Waals surface area contributed by atoms with Gasteiger partial charge in [-0.15, -0.1) is 0 Å². The molecule has 6 nitrogen and oxygen atoms in total. The zero-order valence-electron chi connectivity index (χ0n) is 15.6. The Morgan fingerprint density at radius 2 is 1.93 bits per heavy atom. The largest absolute Gasteiger partial charge is 0.493 e. The van der Waals surface area contributed by atoms with Gasteiger partial charge in [-0.2, -0.15) is 5.10 Å². The van der Waals surface area contributed by atoms with Crippen molar-refractivity contribution < 1.29 is 4.74 Å². The molecule has 0 fully saturated rings. The molecule has 4 aromatic rings. The molecule has 0 aliphatic carbocycles. The summed E-state index contributed by atoms with van der Waals surface area (Å²) in [5.74, 6) is 1.59. The van der Waals surface area contributed by atoms with Crippen LogP contribution >= 0.6 is 12.2 Å². The fourth-order valence-corrected chi connectivity index (χ4v) is 3.34. The molecule has 7 heteroatoms. The molecule has 0 unspecified atom stereocenters. The van der Waals surface area contributed by atoms with Crippen LogP contribution in [-0.4, -0.2) is 26.5 Å². The molecule has 2 aromatic carbocycles. The monoisotopic (exact) mass is 391 g/mol. The highest BCUT2D eigenvalue weighted by Gasteiger charge is 2.12. The van der Waals surface area contributed by atoms with E-state index in [2.05, 4.69) is 45.7 Å². The van der Waals surface area contributed by atoms with Crippen molar-refractivity contribution >= 4 is 23.0 Å². The summed E-state index contributed by atoms with van der Waals surface area (Å²) in [6, 6.07) is 16.2. The molecule has 0 atom stereocenters. The molecule has 0 spiro atoms. The fourth-order valence-electron chi connectivity index (χ4n) is 3.14. The number of rotatable bonds is 7. The Kier molecular flexibility index (Phi) is 5.34. The number of aromatic nitrogens is 4. The first-order valence-corrected chi connectivity index (χ1v) is 9.64. The Balaban J connectivity index is 1.70. The minimum Gasteiger partial charge on any atom is -0.493 e. The lowest BCUT2D eigenvalue weighted by molar-refractivity contribution is 0.315. The number of aromatic amines is 1. The number of nitrogens with zero attached hydrogens (tertiary/aromatic N) is 3. The average Bonchev–Trinajstić information content (AvgIpc) is 3.11. The van der Waals surface area contributed by atoms with Gasteiger partial charge in [-0.3, -0.25) is 4.98 Å². The molecule has 0 radical (unpaired) electrons. The maximum Gasteiger partial charge on any atom is 0.214 e. The molecular weight excluding hydrogens is 370 g/mol. The summed E-state index contributed by atoms with van der Waals surface area (Å²) in [7, 11) is 0. The summed E-state index contributed by atoms with van der Waals surface area (Å²) in [5, 5.41) is 9.55. The third-order valence-electron chi connectivity index (χ3n) is 4.48. The summed E-state index contributed by atoms with van der Waals surface area (Å²) in [4.78, 5) is 4.06. The van der Waals surface area contributed by atoms with Crippen molar-refractivity contribution in [2.45, 2.75) is 19.9 Å². The van der Waals surface area contributed by atoms with Crippen molar-refractivity contribution in [2.75, 3.05) is 12.0 Å². The normalized spacial score (nSPS) is 10.9. The van der Waals surface area contributed by atoms with Crippen molar-refractivity contribution in [3.05, 3.63) is 71.3 Å². The van der Waals surface area contributed by atoms with E-state index in [0.717, 1.165) is 28.7 Å². The van der Waals surface area contributed by atoms with Gasteiger partial charge in [0.1, 0.15) is 5.75 Å². The van der Waals surface area contributed by atoms with Gasteiger partial charge in [-0.25, -0.2) is 9.77 Å². The summed E-state index contributed by atoms with van der Waals surface area (Å²) in [6.07, 6.45) is 4.43. The Bertz CT molecular complexity index is 1140. The van der Waals surface area contributed by atoms with Crippen LogP contribution in [0.2, 0.25) is 0 Å². The number of H-pyrrole nitrogens is 1. The van der Waals surface area contributed by atoms with Crippen LogP contribution in [0.25, 0.3) is 22.2 Å². The van der Waals surface area contributed by atoms with Crippen molar-refractivity contribution in [3.63, 3.8) is 0 Å². The van der Waals surface area contributed by atoms with Crippen LogP contribution in [0.3, 0.4) is 0 Å². The van der Waals surface area contributed by atoms with Crippen molar-refractivity contribution in [1.29, 1.82) is 0 Å². The summed E-state index contributed by atoms with van der Waals surface area (Å²) >= 11 is 5.42.